The van der Waals surface area contributed by atoms with Crippen molar-refractivity contribution < 1.29 is 14.3 Å². The van der Waals surface area contributed by atoms with Gasteiger partial charge in [0.1, 0.15) is 0 Å². The van der Waals surface area contributed by atoms with E-state index in [1.165, 1.54) is 18.3 Å². The van der Waals surface area contributed by atoms with Crippen LogP contribution >= 0.6 is 11.3 Å². The minimum atomic E-state index is -0.0668. The molecule has 1 aromatic heterocycles. The summed E-state index contributed by atoms with van der Waals surface area (Å²) in [5.41, 5.74) is 0. The van der Waals surface area contributed by atoms with Gasteiger partial charge in [0.15, 0.2) is 5.78 Å². The lowest BCUT2D eigenvalue weighted by Gasteiger charge is -2.39. The molecule has 0 spiro atoms. The molecule has 2 fully saturated rings. The first-order valence-corrected chi connectivity index (χ1v) is 7.00. The molecule has 1 amide bonds. The van der Waals surface area contributed by atoms with Crippen LogP contribution in [-0.4, -0.2) is 30.4 Å². The lowest BCUT2D eigenvalue weighted by molar-refractivity contribution is 0.00816. The summed E-state index contributed by atoms with van der Waals surface area (Å²) in [5.74, 6) is 0.427. The molecule has 0 radical (unpaired) electrons. The van der Waals surface area contributed by atoms with E-state index in [0.717, 1.165) is 19.4 Å². The third-order valence-electron chi connectivity index (χ3n) is 3.76. The van der Waals surface area contributed by atoms with E-state index in [-0.39, 0.29) is 17.7 Å². The molecule has 3 rings (SSSR count). The molecule has 0 aromatic carbocycles. The van der Waals surface area contributed by atoms with Crippen molar-refractivity contribution in [3.05, 3.63) is 21.9 Å². The average Bonchev–Trinajstić information content (AvgIpc) is 2.92. The Labute approximate surface area is 109 Å². The third kappa shape index (κ3) is 1.97. The van der Waals surface area contributed by atoms with Crippen LogP contribution in [0, 0.1) is 5.92 Å². The number of carbonyl (C=O) groups excluding carboxylic acids is 2. The highest BCUT2D eigenvalue weighted by molar-refractivity contribution is 7.15. The molecule has 1 N–H and O–H groups in total. The van der Waals surface area contributed by atoms with Crippen molar-refractivity contribution in [3.63, 3.8) is 0 Å². The minimum Gasteiger partial charge on any atom is -0.378 e. The number of ether oxygens (including phenoxy) is 1. The van der Waals surface area contributed by atoms with Crippen LogP contribution in [0.5, 0.6) is 0 Å². The van der Waals surface area contributed by atoms with E-state index in [1.54, 1.807) is 12.1 Å². The number of carbonyl (C=O) groups is 2. The topological polar surface area (TPSA) is 55.4 Å². The van der Waals surface area contributed by atoms with E-state index in [0.29, 0.717) is 21.8 Å². The molecular weight excluding hydrogens is 250 g/mol. The lowest BCUT2D eigenvalue weighted by atomic mass is 9.76. The van der Waals surface area contributed by atoms with Crippen LogP contribution in [0.4, 0.5) is 0 Å². The number of hydrogen-bond acceptors (Lipinski definition) is 4. The fraction of sp³-hybridized carbons (Fsp3) is 0.538. The van der Waals surface area contributed by atoms with Crippen molar-refractivity contribution >= 4 is 23.0 Å². The van der Waals surface area contributed by atoms with Crippen molar-refractivity contribution in [2.24, 2.45) is 5.92 Å². The Balaban J connectivity index is 1.62. The van der Waals surface area contributed by atoms with Gasteiger partial charge in [0.05, 0.1) is 15.9 Å². The van der Waals surface area contributed by atoms with Crippen LogP contribution in [0.1, 0.15) is 39.1 Å². The van der Waals surface area contributed by atoms with Gasteiger partial charge in [-0.25, -0.2) is 0 Å². The summed E-state index contributed by atoms with van der Waals surface area (Å²) in [4.78, 5) is 24.5. The second-order valence-corrected chi connectivity index (χ2v) is 5.98. The molecule has 0 unspecified atom stereocenters. The largest absolute Gasteiger partial charge is 0.378 e. The van der Waals surface area contributed by atoms with Crippen LogP contribution in [0.15, 0.2) is 12.1 Å². The van der Waals surface area contributed by atoms with Crippen LogP contribution in [-0.2, 0) is 4.74 Å². The predicted octanol–water partition coefficient (Wildman–Crippen LogP) is 1.86. The van der Waals surface area contributed by atoms with Crippen LogP contribution in [0.2, 0.25) is 0 Å². The van der Waals surface area contributed by atoms with Gasteiger partial charge in [0, 0.05) is 18.6 Å². The fourth-order valence-corrected chi connectivity index (χ4v) is 3.46. The highest BCUT2D eigenvalue weighted by Gasteiger charge is 2.45. The molecule has 5 heteroatoms. The number of Topliss-reactive ketones (excluding diaryl/α,β-unsaturated/α-hetero) is 1. The molecule has 1 aliphatic heterocycles. The van der Waals surface area contributed by atoms with Gasteiger partial charge in [-0.1, -0.05) is 0 Å². The maximum absolute atomic E-state index is 12.0. The maximum atomic E-state index is 12.0. The van der Waals surface area contributed by atoms with Gasteiger partial charge in [-0.3, -0.25) is 9.59 Å². The SMILES string of the molecule is CC(=O)c1ccc(C(=O)N[C@@H]2C[C@@H]3OCC[C@@H]32)s1. The van der Waals surface area contributed by atoms with E-state index in [1.807, 2.05) is 0 Å². The van der Waals surface area contributed by atoms with Gasteiger partial charge in [-0.05, 0) is 31.9 Å². The quantitative estimate of drug-likeness (QED) is 0.849. The van der Waals surface area contributed by atoms with Gasteiger partial charge in [0.25, 0.3) is 5.91 Å². The molecule has 4 nitrogen and oxygen atoms in total. The number of hydrogen-bond donors (Lipinski definition) is 1. The number of amides is 1. The maximum Gasteiger partial charge on any atom is 0.261 e. The zero-order valence-electron chi connectivity index (χ0n) is 10.1. The summed E-state index contributed by atoms with van der Waals surface area (Å²) in [6.45, 7) is 2.33. The first-order valence-electron chi connectivity index (χ1n) is 6.18. The smallest absolute Gasteiger partial charge is 0.261 e. The summed E-state index contributed by atoms with van der Waals surface area (Å²) in [5, 5.41) is 3.04. The molecule has 2 aliphatic rings. The van der Waals surface area contributed by atoms with E-state index >= 15 is 0 Å². The molecule has 3 atom stereocenters. The van der Waals surface area contributed by atoms with E-state index in [2.05, 4.69) is 5.32 Å². The fourth-order valence-electron chi connectivity index (χ4n) is 2.65. The standard InChI is InChI=1S/C13H15NO3S/c1-7(15)11-2-3-12(18-11)13(16)14-9-6-10-8(9)4-5-17-10/h2-3,8-10H,4-6H2,1H3,(H,14,16)/t8-,9-,10+/m1/s1. The molecule has 0 bridgehead atoms. The molecule has 2 heterocycles. The van der Waals surface area contributed by atoms with Crippen molar-refractivity contribution in [1.82, 2.24) is 5.32 Å². The zero-order valence-corrected chi connectivity index (χ0v) is 11.0. The third-order valence-corrected chi connectivity index (χ3v) is 4.94. The summed E-state index contributed by atoms with van der Waals surface area (Å²) in [6, 6.07) is 3.68. The predicted molar refractivity (Wildman–Crippen MR) is 68.0 cm³/mol. The number of fused-ring (bicyclic) bond motifs is 1. The number of nitrogens with one attached hydrogen (secondary N) is 1. The Hall–Kier alpha value is -1.20. The molecule has 18 heavy (non-hydrogen) atoms. The number of thiophene rings is 1. The minimum absolute atomic E-state index is 0.00644. The first-order chi connectivity index (χ1) is 8.65. The Morgan fingerprint density at radius 3 is 2.83 bits per heavy atom. The molecule has 96 valence electrons. The number of ketones is 1. The molecule has 1 saturated heterocycles. The normalized spacial score (nSPS) is 29.5. The summed E-state index contributed by atoms with van der Waals surface area (Å²) < 4.78 is 5.51. The Morgan fingerprint density at radius 1 is 1.39 bits per heavy atom. The summed E-state index contributed by atoms with van der Waals surface area (Å²) >= 11 is 1.26. The van der Waals surface area contributed by atoms with E-state index in [9.17, 15) is 9.59 Å². The monoisotopic (exact) mass is 265 g/mol. The summed E-state index contributed by atoms with van der Waals surface area (Å²) in [6.07, 6.45) is 2.31. The van der Waals surface area contributed by atoms with Crippen LogP contribution in [0.3, 0.4) is 0 Å². The second kappa shape index (κ2) is 4.48. The molecule has 1 aliphatic carbocycles. The van der Waals surface area contributed by atoms with Gasteiger partial charge in [0.2, 0.25) is 0 Å². The summed E-state index contributed by atoms with van der Waals surface area (Å²) in [7, 11) is 0. The highest BCUT2D eigenvalue weighted by atomic mass is 32.1. The van der Waals surface area contributed by atoms with E-state index in [4.69, 9.17) is 4.74 Å². The van der Waals surface area contributed by atoms with E-state index < -0.39 is 0 Å². The van der Waals surface area contributed by atoms with Gasteiger partial charge in [-0.15, -0.1) is 11.3 Å². The van der Waals surface area contributed by atoms with Crippen molar-refractivity contribution in [2.45, 2.75) is 31.9 Å². The number of rotatable bonds is 3. The van der Waals surface area contributed by atoms with Crippen molar-refractivity contribution in [2.75, 3.05) is 6.61 Å². The Morgan fingerprint density at radius 2 is 2.17 bits per heavy atom. The zero-order chi connectivity index (χ0) is 12.7. The lowest BCUT2D eigenvalue weighted by Crippen LogP contribution is -2.53. The Bertz CT molecular complexity index is 496. The molecule has 1 saturated carbocycles. The Kier molecular flexibility index (Phi) is 2.95. The second-order valence-electron chi connectivity index (χ2n) is 4.90. The molecule has 1 aromatic rings. The van der Waals surface area contributed by atoms with Crippen molar-refractivity contribution in [1.29, 1.82) is 0 Å². The van der Waals surface area contributed by atoms with Crippen LogP contribution in [0.25, 0.3) is 0 Å². The van der Waals surface area contributed by atoms with Gasteiger partial charge < -0.3 is 10.1 Å². The van der Waals surface area contributed by atoms with Crippen LogP contribution < -0.4 is 5.32 Å². The average molecular weight is 265 g/mol. The van der Waals surface area contributed by atoms with Crippen molar-refractivity contribution in [3.8, 4) is 0 Å². The van der Waals surface area contributed by atoms with Gasteiger partial charge in [-0.2, -0.15) is 0 Å². The van der Waals surface area contributed by atoms with Gasteiger partial charge >= 0.3 is 0 Å². The highest BCUT2D eigenvalue weighted by Crippen LogP contribution is 2.38. The first kappa shape index (κ1) is 11.9. The molecular formula is C13H15NO3S.